The van der Waals surface area contributed by atoms with Crippen LogP contribution in [0.4, 0.5) is 0 Å². The van der Waals surface area contributed by atoms with Crippen LogP contribution >= 0.6 is 12.0 Å². The highest BCUT2D eigenvalue weighted by atomic mass is 32.2. The van der Waals surface area contributed by atoms with Gasteiger partial charge in [-0.15, -0.1) is 0 Å². The molecule has 0 aromatic heterocycles. The lowest BCUT2D eigenvalue weighted by Crippen LogP contribution is -2.39. The Labute approximate surface area is 267 Å². The molecular weight excluding hydrogens is 550 g/mol. The highest BCUT2D eigenvalue weighted by Gasteiger charge is 2.33. The van der Waals surface area contributed by atoms with Crippen molar-refractivity contribution in [1.82, 2.24) is 4.90 Å². The van der Waals surface area contributed by atoms with Gasteiger partial charge in [-0.3, -0.25) is 4.90 Å². The van der Waals surface area contributed by atoms with E-state index in [1.807, 2.05) is 34.6 Å². The second-order valence-corrected chi connectivity index (χ2v) is 11.2. The Morgan fingerprint density at radius 2 is 1.63 bits per heavy atom. The third-order valence-corrected chi connectivity index (χ3v) is 8.31. The van der Waals surface area contributed by atoms with E-state index in [1.54, 1.807) is 7.11 Å². The van der Waals surface area contributed by atoms with Gasteiger partial charge in [-0.05, 0) is 98.2 Å². The van der Waals surface area contributed by atoms with Gasteiger partial charge in [0.25, 0.3) is 0 Å². The molecule has 2 heterocycles. The molecule has 0 amide bonds. The fourth-order valence-electron chi connectivity index (χ4n) is 5.21. The topological polar surface area (TPSA) is 30.9 Å². The van der Waals surface area contributed by atoms with E-state index in [1.165, 1.54) is 46.3 Å². The lowest BCUT2D eigenvalue weighted by Gasteiger charge is -2.41. The summed E-state index contributed by atoms with van der Waals surface area (Å²) < 4.78 is 17.5. The van der Waals surface area contributed by atoms with Gasteiger partial charge < -0.3 is 13.7 Å². The first-order valence-electron chi connectivity index (χ1n) is 16.2. The van der Waals surface area contributed by atoms with Gasteiger partial charge in [-0.1, -0.05) is 83.9 Å². The summed E-state index contributed by atoms with van der Waals surface area (Å²) in [6, 6.07) is 19.7. The van der Waals surface area contributed by atoms with Crippen molar-refractivity contribution < 1.29 is 13.7 Å². The molecule has 4 nitrogen and oxygen atoms in total. The molecule has 236 valence electrons. The zero-order valence-corrected chi connectivity index (χ0v) is 29.1. The molecule has 2 aliphatic heterocycles. The van der Waals surface area contributed by atoms with Gasteiger partial charge in [0.05, 0.1) is 25.8 Å². The molecule has 5 heteroatoms. The Kier molecular flexibility index (Phi) is 16.4. The van der Waals surface area contributed by atoms with Crippen molar-refractivity contribution in [1.29, 1.82) is 0 Å². The second-order valence-electron chi connectivity index (χ2n) is 10.4. The average Bonchev–Trinajstić information content (AvgIpc) is 3.05. The van der Waals surface area contributed by atoms with E-state index in [9.17, 15) is 0 Å². The third kappa shape index (κ3) is 10.4. The highest BCUT2D eigenvalue weighted by Crippen LogP contribution is 2.43. The summed E-state index contributed by atoms with van der Waals surface area (Å²) in [5.74, 6) is 3.32. The summed E-state index contributed by atoms with van der Waals surface area (Å²) in [7, 11) is 1.71. The van der Waals surface area contributed by atoms with Crippen LogP contribution in [0.2, 0.25) is 0 Å². The van der Waals surface area contributed by atoms with Crippen LogP contribution in [0.15, 0.2) is 71.6 Å². The van der Waals surface area contributed by atoms with Gasteiger partial charge >= 0.3 is 0 Å². The second kappa shape index (κ2) is 19.4. The number of fused-ring (bicyclic) bond motifs is 4. The summed E-state index contributed by atoms with van der Waals surface area (Å²) in [6.07, 6.45) is 7.62. The van der Waals surface area contributed by atoms with Crippen molar-refractivity contribution in [2.45, 2.75) is 99.1 Å². The number of hydrogen-bond acceptors (Lipinski definition) is 5. The number of aryl methyl sites for hydroxylation is 1. The predicted octanol–water partition coefficient (Wildman–Crippen LogP) is 10.8. The summed E-state index contributed by atoms with van der Waals surface area (Å²) in [5, 5.41) is 0. The molecule has 2 unspecified atom stereocenters. The summed E-state index contributed by atoms with van der Waals surface area (Å²) in [6.45, 7) is 21.3. The first kappa shape index (κ1) is 36.3. The number of benzene rings is 3. The summed E-state index contributed by atoms with van der Waals surface area (Å²) in [4.78, 5) is 3.67. The first-order valence-corrected chi connectivity index (χ1v) is 16.9. The largest absolute Gasteiger partial charge is 0.494 e. The van der Waals surface area contributed by atoms with Gasteiger partial charge in [-0.25, -0.2) is 0 Å². The molecule has 2 atom stereocenters. The van der Waals surface area contributed by atoms with Gasteiger partial charge in [0.1, 0.15) is 5.75 Å². The van der Waals surface area contributed by atoms with Crippen LogP contribution in [0.5, 0.6) is 17.2 Å². The van der Waals surface area contributed by atoms with E-state index in [-0.39, 0.29) is 0 Å². The zero-order chi connectivity index (χ0) is 31.8. The van der Waals surface area contributed by atoms with Crippen LogP contribution in [-0.4, -0.2) is 25.2 Å². The lowest BCUT2D eigenvalue weighted by atomic mass is 9.84. The molecule has 43 heavy (non-hydrogen) atoms. The smallest absolute Gasteiger partial charge is 0.179 e. The molecular formula is C38H55NO3S. The molecule has 3 aromatic carbocycles. The number of ether oxygens (including phenoxy) is 2. The Bertz CT molecular complexity index is 1250. The fraction of sp³-hybridized carbons (Fsp3) is 0.474. The van der Waals surface area contributed by atoms with Crippen molar-refractivity contribution in [3.63, 3.8) is 0 Å². The summed E-state index contributed by atoms with van der Waals surface area (Å²) >= 11 is 1.38. The highest BCUT2D eigenvalue weighted by molar-refractivity contribution is 7.95. The normalized spacial score (nSPS) is 15.5. The maximum atomic E-state index is 6.13. The van der Waals surface area contributed by atoms with Gasteiger partial charge in [-0.2, -0.15) is 0 Å². The number of allylic oxidation sites excluding steroid dienone is 2. The SMILES string of the molecule is C/C=C\C(C)CC.CC.CC.CCOc1ccc2c(c1)CCN1Cc3cc(OC)c(OSc4ccc(C)cc4)cc3CC21. The van der Waals surface area contributed by atoms with E-state index in [0.717, 1.165) is 54.0 Å². The fourth-order valence-corrected chi connectivity index (χ4v) is 5.77. The Balaban J connectivity index is 0.000000512. The van der Waals surface area contributed by atoms with Crippen molar-refractivity contribution in [2.24, 2.45) is 5.92 Å². The molecule has 0 saturated heterocycles. The third-order valence-electron chi connectivity index (χ3n) is 7.58. The van der Waals surface area contributed by atoms with Crippen LogP contribution < -0.4 is 13.7 Å². The van der Waals surface area contributed by atoms with Crippen molar-refractivity contribution in [3.8, 4) is 17.2 Å². The van der Waals surface area contributed by atoms with Crippen LogP contribution in [0.1, 0.15) is 95.7 Å². The maximum Gasteiger partial charge on any atom is 0.179 e. The number of rotatable bonds is 8. The van der Waals surface area contributed by atoms with E-state index >= 15 is 0 Å². The Hall–Kier alpha value is -2.89. The van der Waals surface area contributed by atoms with Crippen LogP contribution in [0, 0.1) is 12.8 Å². The van der Waals surface area contributed by atoms with Crippen LogP contribution in [-0.2, 0) is 19.4 Å². The molecule has 0 fully saturated rings. The molecule has 0 spiro atoms. The molecule has 3 aromatic rings. The monoisotopic (exact) mass is 605 g/mol. The minimum absolute atomic E-state index is 0.396. The van der Waals surface area contributed by atoms with Crippen molar-refractivity contribution in [2.75, 3.05) is 20.3 Å². The van der Waals surface area contributed by atoms with E-state index < -0.39 is 0 Å². The molecule has 0 aliphatic carbocycles. The molecule has 2 aliphatic rings. The average molecular weight is 606 g/mol. The molecule has 0 N–H and O–H groups in total. The first-order chi connectivity index (χ1) is 20.9. The number of nitrogens with zero attached hydrogens (tertiary/aromatic N) is 1. The van der Waals surface area contributed by atoms with Crippen molar-refractivity contribution in [3.05, 3.63) is 94.6 Å². The quantitative estimate of drug-likeness (QED) is 0.188. The van der Waals surface area contributed by atoms with Gasteiger partial charge in [0.2, 0.25) is 0 Å². The minimum Gasteiger partial charge on any atom is -0.494 e. The lowest BCUT2D eigenvalue weighted by molar-refractivity contribution is 0.160. The van der Waals surface area contributed by atoms with Gasteiger partial charge in [0, 0.05) is 24.0 Å². The van der Waals surface area contributed by atoms with E-state index in [0.29, 0.717) is 12.6 Å². The van der Waals surface area contributed by atoms with E-state index in [2.05, 4.69) is 99.3 Å². The van der Waals surface area contributed by atoms with Crippen LogP contribution in [0.25, 0.3) is 0 Å². The Morgan fingerprint density at radius 3 is 2.23 bits per heavy atom. The maximum absolute atomic E-state index is 6.13. The summed E-state index contributed by atoms with van der Waals surface area (Å²) in [5.41, 5.74) is 6.76. The number of hydrogen-bond donors (Lipinski definition) is 0. The van der Waals surface area contributed by atoms with Crippen LogP contribution in [0.3, 0.4) is 0 Å². The minimum atomic E-state index is 0.396. The molecule has 5 rings (SSSR count). The van der Waals surface area contributed by atoms with Gasteiger partial charge in [0.15, 0.2) is 11.5 Å². The molecule has 0 saturated carbocycles. The Morgan fingerprint density at radius 1 is 0.930 bits per heavy atom. The number of methoxy groups -OCH3 is 1. The van der Waals surface area contributed by atoms with E-state index in [4.69, 9.17) is 13.7 Å². The standard InChI is InChI=1S/C27H29NO3S.C7H14.2C2H6/c1-4-30-22-7-10-24-19(13-22)11-12-28-17-21-16-26(29-3)27(15-20(21)14-25(24)28)31-32-23-8-5-18(2)6-9-23;1-4-6-7(3)5-2;2*1-2/h5-10,13,15-16,25H,4,11-12,14,17H2,1-3H3;4,6-7H,5H2,1-3H3;2*1-2H3/b;6-4-;;. The molecule has 0 bridgehead atoms. The van der Waals surface area contributed by atoms with Crippen molar-refractivity contribution >= 4 is 12.0 Å². The predicted molar refractivity (Wildman–Crippen MR) is 186 cm³/mol. The zero-order valence-electron chi connectivity index (χ0n) is 28.3. The molecule has 0 radical (unpaired) electrons.